The Kier molecular flexibility index (Phi) is 4.94. The summed E-state index contributed by atoms with van der Waals surface area (Å²) in [5, 5.41) is 19.0. The zero-order valence-electron chi connectivity index (χ0n) is 15.3. The summed E-state index contributed by atoms with van der Waals surface area (Å²) in [6, 6.07) is 7.84. The van der Waals surface area contributed by atoms with E-state index in [1.807, 2.05) is 6.92 Å². The third-order valence-electron chi connectivity index (χ3n) is 4.82. The highest BCUT2D eigenvalue weighted by atomic mass is 16.6. The van der Waals surface area contributed by atoms with Crippen molar-refractivity contribution in [2.75, 3.05) is 31.1 Å². The van der Waals surface area contributed by atoms with Crippen LogP contribution in [0.15, 0.2) is 47.1 Å². The first kappa shape index (κ1) is 18.0. The number of piperazine rings is 1. The summed E-state index contributed by atoms with van der Waals surface area (Å²) < 4.78 is 5.82. The summed E-state index contributed by atoms with van der Waals surface area (Å²) in [7, 11) is 0. The van der Waals surface area contributed by atoms with Crippen molar-refractivity contribution < 1.29 is 9.34 Å². The Labute approximate surface area is 161 Å². The second-order valence-electron chi connectivity index (χ2n) is 6.50. The Morgan fingerprint density at radius 3 is 2.39 bits per heavy atom. The van der Waals surface area contributed by atoms with Crippen molar-refractivity contribution in [3.63, 3.8) is 0 Å². The monoisotopic (exact) mass is 381 g/mol. The van der Waals surface area contributed by atoms with Crippen LogP contribution in [0.2, 0.25) is 0 Å². The minimum Gasteiger partial charge on any atom is -0.419 e. The van der Waals surface area contributed by atoms with E-state index < -0.39 is 4.92 Å². The topological polar surface area (TPSA) is 114 Å². The molecule has 1 aliphatic rings. The van der Waals surface area contributed by atoms with E-state index in [9.17, 15) is 10.1 Å². The SMILES string of the molecule is C[C@@H](c1nnc(-c2ccc([N+](=O)[O-])cc2)o1)N1CCN(c2ncccn2)CC1. The molecule has 10 heteroatoms. The number of nitrogens with zero attached hydrogens (tertiary/aromatic N) is 7. The van der Waals surface area contributed by atoms with E-state index in [-0.39, 0.29) is 11.7 Å². The van der Waals surface area contributed by atoms with Crippen molar-refractivity contribution in [1.82, 2.24) is 25.1 Å². The minimum atomic E-state index is -0.439. The molecule has 0 N–H and O–H groups in total. The Morgan fingerprint density at radius 2 is 1.75 bits per heavy atom. The molecule has 0 saturated carbocycles. The van der Waals surface area contributed by atoms with Crippen LogP contribution < -0.4 is 4.90 Å². The fraction of sp³-hybridized carbons (Fsp3) is 0.333. The number of rotatable bonds is 5. The summed E-state index contributed by atoms with van der Waals surface area (Å²) in [5.74, 6) is 1.62. The fourth-order valence-corrected chi connectivity index (χ4v) is 3.17. The second-order valence-corrected chi connectivity index (χ2v) is 6.50. The predicted octanol–water partition coefficient (Wildman–Crippen LogP) is 2.32. The summed E-state index contributed by atoms with van der Waals surface area (Å²) >= 11 is 0. The number of hydrogen-bond acceptors (Lipinski definition) is 9. The number of benzene rings is 1. The van der Waals surface area contributed by atoms with E-state index in [1.165, 1.54) is 12.1 Å². The number of nitro groups is 1. The van der Waals surface area contributed by atoms with Gasteiger partial charge in [-0.15, -0.1) is 10.2 Å². The smallest absolute Gasteiger partial charge is 0.269 e. The minimum absolute atomic E-state index is 0.0251. The molecule has 0 aliphatic carbocycles. The van der Waals surface area contributed by atoms with Gasteiger partial charge >= 0.3 is 0 Å². The van der Waals surface area contributed by atoms with Gasteiger partial charge in [0, 0.05) is 56.3 Å². The van der Waals surface area contributed by atoms with Crippen LogP contribution in [0.5, 0.6) is 0 Å². The van der Waals surface area contributed by atoms with Crippen LogP contribution in [0, 0.1) is 10.1 Å². The molecule has 3 heterocycles. The number of aromatic nitrogens is 4. The van der Waals surface area contributed by atoms with Gasteiger partial charge in [-0.3, -0.25) is 15.0 Å². The Morgan fingerprint density at radius 1 is 1.07 bits per heavy atom. The van der Waals surface area contributed by atoms with Gasteiger partial charge in [0.05, 0.1) is 11.0 Å². The molecule has 1 saturated heterocycles. The summed E-state index contributed by atoms with van der Waals surface area (Å²) in [4.78, 5) is 23.3. The summed E-state index contributed by atoms with van der Waals surface area (Å²) in [5.41, 5.74) is 0.680. The molecule has 0 amide bonds. The maximum Gasteiger partial charge on any atom is 0.269 e. The highest BCUT2D eigenvalue weighted by Gasteiger charge is 2.26. The number of non-ortho nitro benzene ring substituents is 1. The molecule has 4 rings (SSSR count). The first-order valence-electron chi connectivity index (χ1n) is 8.96. The molecule has 0 radical (unpaired) electrons. The van der Waals surface area contributed by atoms with Crippen molar-refractivity contribution in [3.8, 4) is 11.5 Å². The lowest BCUT2D eigenvalue weighted by molar-refractivity contribution is -0.384. The summed E-state index contributed by atoms with van der Waals surface area (Å²) in [6.45, 7) is 5.32. The van der Waals surface area contributed by atoms with Gasteiger partial charge in [0.15, 0.2) is 0 Å². The van der Waals surface area contributed by atoms with Crippen molar-refractivity contribution in [2.24, 2.45) is 0 Å². The molecule has 1 aliphatic heterocycles. The largest absolute Gasteiger partial charge is 0.419 e. The highest BCUT2D eigenvalue weighted by Crippen LogP contribution is 2.26. The van der Waals surface area contributed by atoms with E-state index in [0.717, 1.165) is 32.1 Å². The highest BCUT2D eigenvalue weighted by molar-refractivity contribution is 5.55. The van der Waals surface area contributed by atoms with Gasteiger partial charge in [-0.2, -0.15) is 0 Å². The van der Waals surface area contributed by atoms with Gasteiger partial charge in [0.25, 0.3) is 5.69 Å². The molecular weight excluding hydrogens is 362 g/mol. The molecule has 10 nitrogen and oxygen atoms in total. The quantitative estimate of drug-likeness (QED) is 0.485. The number of hydrogen-bond donors (Lipinski definition) is 0. The lowest BCUT2D eigenvalue weighted by atomic mass is 10.2. The first-order valence-corrected chi connectivity index (χ1v) is 8.96. The van der Waals surface area contributed by atoms with Crippen molar-refractivity contribution in [2.45, 2.75) is 13.0 Å². The zero-order chi connectivity index (χ0) is 19.5. The molecule has 1 atom stereocenters. The standard InChI is InChI=1S/C18H19N7O3/c1-13(23-9-11-24(12-10-23)18-19-7-2-8-20-18)16-21-22-17(28-16)14-3-5-15(6-4-14)25(26)27/h2-8,13H,9-12H2,1H3/t13-/m0/s1. The van der Waals surface area contributed by atoms with E-state index in [0.29, 0.717) is 17.3 Å². The fourth-order valence-electron chi connectivity index (χ4n) is 3.17. The van der Waals surface area contributed by atoms with Gasteiger partial charge in [-0.05, 0) is 25.1 Å². The summed E-state index contributed by atoms with van der Waals surface area (Å²) in [6.07, 6.45) is 3.49. The predicted molar refractivity (Wildman–Crippen MR) is 101 cm³/mol. The second kappa shape index (κ2) is 7.69. The van der Waals surface area contributed by atoms with Crippen LogP contribution in [0.4, 0.5) is 11.6 Å². The van der Waals surface area contributed by atoms with E-state index >= 15 is 0 Å². The molecule has 3 aromatic rings. The molecule has 144 valence electrons. The average molecular weight is 381 g/mol. The van der Waals surface area contributed by atoms with Gasteiger partial charge in [0.2, 0.25) is 17.7 Å². The van der Waals surface area contributed by atoms with Crippen LogP contribution >= 0.6 is 0 Å². The van der Waals surface area contributed by atoms with Crippen LogP contribution in [-0.2, 0) is 0 Å². The average Bonchev–Trinajstić information content (AvgIpc) is 3.24. The van der Waals surface area contributed by atoms with Crippen LogP contribution in [-0.4, -0.2) is 56.2 Å². The van der Waals surface area contributed by atoms with E-state index in [2.05, 4.69) is 30.0 Å². The lowest BCUT2D eigenvalue weighted by Gasteiger charge is -2.36. The molecule has 0 unspecified atom stereocenters. The van der Waals surface area contributed by atoms with Crippen molar-refractivity contribution in [1.29, 1.82) is 0 Å². The third kappa shape index (κ3) is 3.67. The van der Waals surface area contributed by atoms with Crippen LogP contribution in [0.25, 0.3) is 11.5 Å². The first-order chi connectivity index (χ1) is 13.6. The van der Waals surface area contributed by atoms with Gasteiger partial charge in [-0.1, -0.05) is 0 Å². The Hall–Kier alpha value is -3.40. The number of anilines is 1. The molecule has 1 fully saturated rings. The van der Waals surface area contributed by atoms with Gasteiger partial charge in [0.1, 0.15) is 0 Å². The lowest BCUT2D eigenvalue weighted by Crippen LogP contribution is -2.47. The van der Waals surface area contributed by atoms with Crippen molar-refractivity contribution in [3.05, 3.63) is 58.7 Å². The van der Waals surface area contributed by atoms with E-state index in [4.69, 9.17) is 4.42 Å². The Balaban J connectivity index is 1.41. The van der Waals surface area contributed by atoms with Gasteiger partial charge in [-0.25, -0.2) is 9.97 Å². The molecule has 0 spiro atoms. The van der Waals surface area contributed by atoms with E-state index in [1.54, 1.807) is 30.6 Å². The van der Waals surface area contributed by atoms with Gasteiger partial charge < -0.3 is 9.32 Å². The van der Waals surface area contributed by atoms with Crippen molar-refractivity contribution >= 4 is 11.6 Å². The Bertz CT molecular complexity index is 937. The normalized spacial score (nSPS) is 16.1. The maximum atomic E-state index is 10.8. The third-order valence-corrected chi connectivity index (χ3v) is 4.82. The molecule has 2 aromatic heterocycles. The number of nitro benzene ring substituents is 1. The molecular formula is C18H19N7O3. The van der Waals surface area contributed by atoms with Crippen LogP contribution in [0.1, 0.15) is 18.9 Å². The van der Waals surface area contributed by atoms with Crippen LogP contribution in [0.3, 0.4) is 0 Å². The zero-order valence-corrected chi connectivity index (χ0v) is 15.3. The molecule has 28 heavy (non-hydrogen) atoms. The molecule has 0 bridgehead atoms. The molecule has 1 aromatic carbocycles. The maximum absolute atomic E-state index is 10.8.